The van der Waals surface area contributed by atoms with Crippen LogP contribution in [0.5, 0.6) is 0 Å². The van der Waals surface area contributed by atoms with Gasteiger partial charge in [0.2, 0.25) is 15.9 Å². The van der Waals surface area contributed by atoms with Gasteiger partial charge < -0.3 is 19.4 Å². The molecule has 0 N–H and O–H groups in total. The zero-order valence-electron chi connectivity index (χ0n) is 17.4. The van der Waals surface area contributed by atoms with Gasteiger partial charge in [-0.2, -0.15) is 5.10 Å². The Hall–Kier alpha value is -1.98. The summed E-state index contributed by atoms with van der Waals surface area (Å²) >= 11 is 0. The normalized spacial score (nSPS) is 22.4. The van der Waals surface area contributed by atoms with Gasteiger partial charge in [-0.25, -0.2) is 12.7 Å². The predicted octanol–water partition coefficient (Wildman–Crippen LogP) is -0.367. The second kappa shape index (κ2) is 9.03. The van der Waals surface area contributed by atoms with E-state index in [0.29, 0.717) is 39.0 Å². The Balaban J connectivity index is 1.30. The summed E-state index contributed by atoms with van der Waals surface area (Å²) in [5, 5.41) is 8.48. The maximum absolute atomic E-state index is 12.9. The van der Waals surface area contributed by atoms with E-state index in [2.05, 4.69) is 26.1 Å². The minimum Gasteiger partial charge on any atom is -0.378 e. The summed E-state index contributed by atoms with van der Waals surface area (Å²) in [6.07, 6.45) is 4.21. The summed E-state index contributed by atoms with van der Waals surface area (Å²) in [6.45, 7) is 6.74. The van der Waals surface area contributed by atoms with Crippen molar-refractivity contribution in [3.8, 4) is 0 Å². The molecule has 166 valence electrons. The van der Waals surface area contributed by atoms with E-state index in [1.165, 1.54) is 10.6 Å². The van der Waals surface area contributed by atoms with Crippen LogP contribution in [0.3, 0.4) is 0 Å². The lowest BCUT2D eigenvalue weighted by atomic mass is 9.96. The molecule has 10 nitrogen and oxygen atoms in total. The molecule has 1 aromatic rings. The lowest BCUT2D eigenvalue weighted by molar-refractivity contribution is -0.137. The van der Waals surface area contributed by atoms with E-state index in [4.69, 9.17) is 4.74 Å². The molecule has 3 saturated heterocycles. The van der Waals surface area contributed by atoms with Crippen LogP contribution in [0, 0.1) is 5.92 Å². The second-order valence-corrected chi connectivity index (χ2v) is 10.1. The summed E-state index contributed by atoms with van der Waals surface area (Å²) in [5.74, 6) is 0.905. The van der Waals surface area contributed by atoms with Crippen LogP contribution >= 0.6 is 0 Å². The monoisotopic (exact) mass is 438 g/mol. The van der Waals surface area contributed by atoms with Gasteiger partial charge in [0.15, 0.2) is 5.82 Å². The van der Waals surface area contributed by atoms with Gasteiger partial charge in [0.25, 0.3) is 0 Å². The minimum atomic E-state index is -3.17. The Labute approximate surface area is 177 Å². The molecule has 1 aromatic heterocycles. The van der Waals surface area contributed by atoms with E-state index in [-0.39, 0.29) is 11.8 Å². The second-order valence-electron chi connectivity index (χ2n) is 8.12. The van der Waals surface area contributed by atoms with Crippen LogP contribution in [0.15, 0.2) is 12.3 Å². The molecule has 4 rings (SSSR count). The zero-order valence-corrected chi connectivity index (χ0v) is 18.3. The fourth-order valence-corrected chi connectivity index (χ4v) is 5.22. The summed E-state index contributed by atoms with van der Waals surface area (Å²) in [6, 6.07) is 2.07. The minimum absolute atomic E-state index is 0.0843. The van der Waals surface area contributed by atoms with Crippen LogP contribution in [-0.4, -0.2) is 106 Å². The maximum atomic E-state index is 12.9. The largest absolute Gasteiger partial charge is 0.378 e. The summed E-state index contributed by atoms with van der Waals surface area (Å²) < 4.78 is 30.2. The van der Waals surface area contributed by atoms with Crippen LogP contribution in [-0.2, 0) is 19.6 Å². The Morgan fingerprint density at radius 3 is 2.30 bits per heavy atom. The van der Waals surface area contributed by atoms with Gasteiger partial charge in [0.1, 0.15) is 0 Å². The smallest absolute Gasteiger partial charge is 0.225 e. The third-order valence-corrected chi connectivity index (χ3v) is 7.49. The molecule has 4 heterocycles. The molecular weight excluding hydrogens is 408 g/mol. The number of piperazine rings is 1. The molecule has 11 heteroatoms. The molecule has 3 fully saturated rings. The highest BCUT2D eigenvalue weighted by Crippen LogP contribution is 2.24. The molecule has 3 aliphatic rings. The lowest BCUT2D eigenvalue weighted by Gasteiger charge is -2.38. The SMILES string of the molecule is CS(=O)(=O)N1CCC(C(=O)N2CCN(c3cc(N4CCOCC4)cnn3)CC2)CC1. The highest BCUT2D eigenvalue weighted by molar-refractivity contribution is 7.88. The number of nitrogens with zero attached hydrogens (tertiary/aromatic N) is 6. The molecule has 0 aliphatic carbocycles. The van der Waals surface area contributed by atoms with Crippen molar-refractivity contribution in [2.45, 2.75) is 12.8 Å². The first-order chi connectivity index (χ1) is 14.4. The van der Waals surface area contributed by atoms with Crippen LogP contribution in [0.2, 0.25) is 0 Å². The molecule has 30 heavy (non-hydrogen) atoms. The number of hydrogen-bond donors (Lipinski definition) is 0. The van der Waals surface area contributed by atoms with Gasteiger partial charge in [-0.05, 0) is 12.8 Å². The van der Waals surface area contributed by atoms with Crippen LogP contribution < -0.4 is 9.80 Å². The first-order valence-corrected chi connectivity index (χ1v) is 12.4. The van der Waals surface area contributed by atoms with Crippen molar-refractivity contribution in [1.29, 1.82) is 0 Å². The van der Waals surface area contributed by atoms with Crippen LogP contribution in [0.1, 0.15) is 12.8 Å². The van der Waals surface area contributed by atoms with E-state index in [1.54, 1.807) is 6.20 Å². The van der Waals surface area contributed by atoms with E-state index in [1.807, 2.05) is 4.90 Å². The Morgan fingerprint density at radius 2 is 1.67 bits per heavy atom. The Bertz CT molecular complexity index is 844. The molecule has 0 atom stereocenters. The van der Waals surface area contributed by atoms with E-state index < -0.39 is 10.0 Å². The summed E-state index contributed by atoms with van der Waals surface area (Å²) in [4.78, 5) is 19.2. The number of piperidine rings is 1. The molecule has 0 spiro atoms. The number of rotatable bonds is 4. The first-order valence-electron chi connectivity index (χ1n) is 10.6. The van der Waals surface area contributed by atoms with E-state index in [0.717, 1.165) is 50.9 Å². The van der Waals surface area contributed by atoms with Gasteiger partial charge in [-0.3, -0.25) is 4.79 Å². The topological polar surface area (TPSA) is 99.2 Å². The van der Waals surface area contributed by atoms with Crippen LogP contribution in [0.25, 0.3) is 0 Å². The number of amides is 1. The highest BCUT2D eigenvalue weighted by Gasteiger charge is 2.33. The molecule has 0 saturated carbocycles. The molecule has 0 aromatic carbocycles. The first kappa shape index (κ1) is 21.3. The number of ether oxygens (including phenoxy) is 1. The van der Waals surface area contributed by atoms with Crippen molar-refractivity contribution in [3.63, 3.8) is 0 Å². The number of morpholine rings is 1. The van der Waals surface area contributed by atoms with Crippen molar-refractivity contribution < 1.29 is 17.9 Å². The van der Waals surface area contributed by atoms with Crippen molar-refractivity contribution in [2.24, 2.45) is 5.92 Å². The number of sulfonamides is 1. The zero-order chi connectivity index (χ0) is 21.1. The number of carbonyl (C=O) groups is 1. The third kappa shape index (κ3) is 4.84. The van der Waals surface area contributed by atoms with Crippen molar-refractivity contribution in [3.05, 3.63) is 12.3 Å². The average Bonchev–Trinajstić information content (AvgIpc) is 2.79. The van der Waals surface area contributed by atoms with Gasteiger partial charge in [0, 0.05) is 64.3 Å². The fourth-order valence-electron chi connectivity index (χ4n) is 4.34. The standard InChI is InChI=1S/C19H30N6O4S/c1-30(27,28)25-4-2-16(3-5-25)19(26)24-8-6-23(7-9-24)18-14-17(15-20-21-18)22-10-12-29-13-11-22/h14-16H,2-13H2,1H3. The van der Waals surface area contributed by atoms with E-state index >= 15 is 0 Å². The summed E-state index contributed by atoms with van der Waals surface area (Å²) in [7, 11) is -3.17. The van der Waals surface area contributed by atoms with Crippen LogP contribution in [0.4, 0.5) is 11.5 Å². The molecule has 0 bridgehead atoms. The average molecular weight is 439 g/mol. The number of aromatic nitrogens is 2. The van der Waals surface area contributed by atoms with Gasteiger partial charge >= 0.3 is 0 Å². The van der Waals surface area contributed by atoms with Gasteiger partial charge in [-0.1, -0.05) is 0 Å². The molecule has 0 radical (unpaired) electrons. The number of carbonyl (C=O) groups excluding carboxylic acids is 1. The van der Waals surface area contributed by atoms with Gasteiger partial charge in [0.05, 0.1) is 31.4 Å². The van der Waals surface area contributed by atoms with Gasteiger partial charge in [-0.15, -0.1) is 5.10 Å². The summed E-state index contributed by atoms with van der Waals surface area (Å²) in [5.41, 5.74) is 1.06. The molecule has 0 unspecified atom stereocenters. The molecule has 3 aliphatic heterocycles. The van der Waals surface area contributed by atoms with E-state index in [9.17, 15) is 13.2 Å². The highest BCUT2D eigenvalue weighted by atomic mass is 32.2. The molecular formula is C19H30N6O4S. The fraction of sp³-hybridized carbons (Fsp3) is 0.737. The lowest BCUT2D eigenvalue weighted by Crippen LogP contribution is -2.52. The van der Waals surface area contributed by atoms with Crippen molar-refractivity contribution in [1.82, 2.24) is 19.4 Å². The third-order valence-electron chi connectivity index (χ3n) is 6.19. The number of anilines is 2. The number of hydrogen-bond acceptors (Lipinski definition) is 8. The van der Waals surface area contributed by atoms with Crippen molar-refractivity contribution in [2.75, 3.05) is 81.6 Å². The van der Waals surface area contributed by atoms with Crippen molar-refractivity contribution >= 4 is 27.4 Å². The Morgan fingerprint density at radius 1 is 1.00 bits per heavy atom. The molecule has 1 amide bonds. The Kier molecular flexibility index (Phi) is 6.40. The maximum Gasteiger partial charge on any atom is 0.225 e. The quantitative estimate of drug-likeness (QED) is 0.628. The predicted molar refractivity (Wildman–Crippen MR) is 113 cm³/mol.